The lowest BCUT2D eigenvalue weighted by Crippen LogP contribution is -2.39. The molecule has 1 aliphatic rings. The summed E-state index contributed by atoms with van der Waals surface area (Å²) in [5, 5.41) is 16.9. The largest absolute Gasteiger partial charge is 0.319 e. The number of halogens is 1. The van der Waals surface area contributed by atoms with Gasteiger partial charge in [-0.05, 0) is 31.0 Å². The summed E-state index contributed by atoms with van der Waals surface area (Å²) in [5.74, 6) is -0.0615. The summed E-state index contributed by atoms with van der Waals surface area (Å²) in [7, 11) is 0. The molecule has 2 unspecified atom stereocenters. The monoisotopic (exact) mass is 283 g/mol. The molecular weight excluding hydrogens is 270 g/mol. The molecular formula is C12H14ClN3O3. The van der Waals surface area contributed by atoms with E-state index in [2.05, 4.69) is 10.6 Å². The Morgan fingerprint density at radius 2 is 2.32 bits per heavy atom. The third kappa shape index (κ3) is 3.02. The van der Waals surface area contributed by atoms with E-state index in [0.717, 1.165) is 13.0 Å². The Kier molecular flexibility index (Phi) is 4.01. The van der Waals surface area contributed by atoms with Crippen molar-refractivity contribution in [1.82, 2.24) is 5.32 Å². The maximum atomic E-state index is 12.1. The second-order valence-corrected chi connectivity index (χ2v) is 5.04. The van der Waals surface area contributed by atoms with Gasteiger partial charge in [-0.15, -0.1) is 0 Å². The number of hydrogen-bond acceptors (Lipinski definition) is 4. The van der Waals surface area contributed by atoms with Gasteiger partial charge < -0.3 is 10.6 Å². The summed E-state index contributed by atoms with van der Waals surface area (Å²) in [5.41, 5.74) is -0.0354. The van der Waals surface area contributed by atoms with Crippen LogP contribution >= 0.6 is 11.6 Å². The minimum absolute atomic E-state index is 0.128. The molecule has 0 aromatic heterocycles. The number of hydrogen-bond donors (Lipinski definition) is 2. The van der Waals surface area contributed by atoms with Crippen molar-refractivity contribution in [1.29, 1.82) is 0 Å². The molecule has 1 amide bonds. The number of amides is 1. The number of rotatable bonds is 3. The third-order valence-electron chi connectivity index (χ3n) is 3.23. The van der Waals surface area contributed by atoms with Crippen LogP contribution < -0.4 is 10.6 Å². The SMILES string of the molecule is CC1CCNC1C(=O)Nc1cc(Cl)ccc1[N+](=O)[O-]. The number of carbonyl (C=O) groups excluding carboxylic acids is 1. The summed E-state index contributed by atoms with van der Waals surface area (Å²) in [6.45, 7) is 2.74. The first kappa shape index (κ1) is 13.8. The molecule has 2 N–H and O–H groups in total. The fraction of sp³-hybridized carbons (Fsp3) is 0.417. The molecule has 1 fully saturated rings. The van der Waals surface area contributed by atoms with Gasteiger partial charge in [0.2, 0.25) is 5.91 Å². The van der Waals surface area contributed by atoms with Gasteiger partial charge >= 0.3 is 0 Å². The van der Waals surface area contributed by atoms with Crippen molar-refractivity contribution in [3.05, 3.63) is 33.3 Å². The predicted octanol–water partition coefficient (Wildman–Crippen LogP) is 2.18. The Morgan fingerprint density at radius 3 is 2.89 bits per heavy atom. The van der Waals surface area contributed by atoms with Crippen LogP contribution in [0.2, 0.25) is 5.02 Å². The molecule has 0 bridgehead atoms. The molecule has 0 aliphatic carbocycles. The van der Waals surface area contributed by atoms with Crippen LogP contribution in [0.25, 0.3) is 0 Å². The second kappa shape index (κ2) is 5.54. The van der Waals surface area contributed by atoms with Crippen LogP contribution in [0.15, 0.2) is 18.2 Å². The van der Waals surface area contributed by atoms with Crippen molar-refractivity contribution in [2.75, 3.05) is 11.9 Å². The molecule has 2 rings (SSSR count). The van der Waals surface area contributed by atoms with Gasteiger partial charge in [0.15, 0.2) is 0 Å². The van der Waals surface area contributed by atoms with Crippen molar-refractivity contribution >= 4 is 28.9 Å². The number of anilines is 1. The lowest BCUT2D eigenvalue weighted by atomic mass is 10.0. The molecule has 1 aromatic carbocycles. The Morgan fingerprint density at radius 1 is 1.58 bits per heavy atom. The van der Waals surface area contributed by atoms with Gasteiger partial charge in [0.25, 0.3) is 5.69 Å². The average molecular weight is 284 g/mol. The van der Waals surface area contributed by atoms with Crippen molar-refractivity contribution < 1.29 is 9.72 Å². The van der Waals surface area contributed by atoms with Crippen LogP contribution in [0.1, 0.15) is 13.3 Å². The lowest BCUT2D eigenvalue weighted by Gasteiger charge is -2.15. The molecule has 2 atom stereocenters. The Hall–Kier alpha value is -1.66. The summed E-state index contributed by atoms with van der Waals surface area (Å²) in [6.07, 6.45) is 0.912. The third-order valence-corrected chi connectivity index (χ3v) is 3.46. The maximum Gasteiger partial charge on any atom is 0.292 e. The Balaban J connectivity index is 2.20. The van der Waals surface area contributed by atoms with Gasteiger partial charge in [-0.25, -0.2) is 0 Å². The molecule has 1 aromatic rings. The molecule has 19 heavy (non-hydrogen) atoms. The maximum absolute atomic E-state index is 12.1. The zero-order chi connectivity index (χ0) is 14.0. The first-order valence-electron chi connectivity index (χ1n) is 5.97. The smallest absolute Gasteiger partial charge is 0.292 e. The van der Waals surface area contributed by atoms with Crippen LogP contribution in [-0.4, -0.2) is 23.4 Å². The van der Waals surface area contributed by atoms with E-state index in [1.165, 1.54) is 18.2 Å². The number of nitro benzene ring substituents is 1. The van der Waals surface area contributed by atoms with E-state index >= 15 is 0 Å². The van der Waals surface area contributed by atoms with E-state index in [-0.39, 0.29) is 29.2 Å². The molecule has 0 saturated carbocycles. The van der Waals surface area contributed by atoms with Crippen molar-refractivity contribution in [2.45, 2.75) is 19.4 Å². The first-order valence-corrected chi connectivity index (χ1v) is 6.35. The van der Waals surface area contributed by atoms with E-state index in [1.807, 2.05) is 6.92 Å². The standard InChI is InChI=1S/C12H14ClN3O3/c1-7-4-5-14-11(7)12(17)15-9-6-8(13)2-3-10(9)16(18)19/h2-3,6-7,11,14H,4-5H2,1H3,(H,15,17). The number of nitro groups is 1. The minimum atomic E-state index is -0.544. The molecule has 1 saturated heterocycles. The van der Waals surface area contributed by atoms with E-state index in [9.17, 15) is 14.9 Å². The van der Waals surface area contributed by atoms with Gasteiger partial charge in [-0.2, -0.15) is 0 Å². The van der Waals surface area contributed by atoms with Gasteiger partial charge in [0, 0.05) is 11.1 Å². The molecule has 7 heteroatoms. The van der Waals surface area contributed by atoms with Crippen molar-refractivity contribution in [3.8, 4) is 0 Å². The number of nitrogens with zero attached hydrogens (tertiary/aromatic N) is 1. The van der Waals surface area contributed by atoms with Crippen LogP contribution in [0.5, 0.6) is 0 Å². The van der Waals surface area contributed by atoms with Crippen LogP contribution in [0.4, 0.5) is 11.4 Å². The number of nitrogens with one attached hydrogen (secondary N) is 2. The molecule has 1 heterocycles. The van der Waals surface area contributed by atoms with E-state index in [4.69, 9.17) is 11.6 Å². The van der Waals surface area contributed by atoms with Gasteiger partial charge in [-0.1, -0.05) is 18.5 Å². The number of carbonyl (C=O) groups is 1. The summed E-state index contributed by atoms with van der Waals surface area (Å²) in [6, 6.07) is 3.77. The molecule has 0 spiro atoms. The summed E-state index contributed by atoms with van der Waals surface area (Å²) < 4.78 is 0. The number of benzene rings is 1. The van der Waals surface area contributed by atoms with Gasteiger partial charge in [-0.3, -0.25) is 14.9 Å². The van der Waals surface area contributed by atoms with Gasteiger partial charge in [0.1, 0.15) is 5.69 Å². The van der Waals surface area contributed by atoms with E-state index in [1.54, 1.807) is 0 Å². The fourth-order valence-electron chi connectivity index (χ4n) is 2.16. The molecule has 102 valence electrons. The average Bonchev–Trinajstić information content (AvgIpc) is 2.75. The highest BCUT2D eigenvalue weighted by atomic mass is 35.5. The van der Waals surface area contributed by atoms with E-state index < -0.39 is 4.92 Å². The van der Waals surface area contributed by atoms with Crippen molar-refractivity contribution in [2.24, 2.45) is 5.92 Å². The highest BCUT2D eigenvalue weighted by Crippen LogP contribution is 2.28. The second-order valence-electron chi connectivity index (χ2n) is 4.61. The molecule has 1 aliphatic heterocycles. The van der Waals surface area contributed by atoms with Crippen molar-refractivity contribution in [3.63, 3.8) is 0 Å². The Labute approximate surface area is 115 Å². The highest BCUT2D eigenvalue weighted by molar-refractivity contribution is 6.31. The van der Waals surface area contributed by atoms with Crippen LogP contribution in [-0.2, 0) is 4.79 Å². The normalized spacial score (nSPS) is 22.2. The Bertz CT molecular complexity index is 521. The van der Waals surface area contributed by atoms with Crippen LogP contribution in [0.3, 0.4) is 0 Å². The molecule has 0 radical (unpaired) electrons. The predicted molar refractivity (Wildman–Crippen MR) is 72.3 cm³/mol. The van der Waals surface area contributed by atoms with E-state index in [0.29, 0.717) is 5.02 Å². The zero-order valence-electron chi connectivity index (χ0n) is 10.4. The fourth-order valence-corrected chi connectivity index (χ4v) is 2.34. The quantitative estimate of drug-likeness (QED) is 0.658. The van der Waals surface area contributed by atoms with Gasteiger partial charge in [0.05, 0.1) is 11.0 Å². The minimum Gasteiger partial charge on any atom is -0.319 e. The lowest BCUT2D eigenvalue weighted by molar-refractivity contribution is -0.383. The summed E-state index contributed by atoms with van der Waals surface area (Å²) in [4.78, 5) is 22.4. The summed E-state index contributed by atoms with van der Waals surface area (Å²) >= 11 is 5.80. The topological polar surface area (TPSA) is 84.3 Å². The van der Waals surface area contributed by atoms with Crippen LogP contribution in [0, 0.1) is 16.0 Å². The molecule has 6 nitrogen and oxygen atoms in total. The first-order chi connectivity index (χ1) is 8.99. The highest BCUT2D eigenvalue weighted by Gasteiger charge is 2.30. The zero-order valence-corrected chi connectivity index (χ0v) is 11.1.